The number of fused-ring (bicyclic) bond motifs is 1. The molecule has 4 rings (SSSR count). The number of piperazine rings is 1. The predicted octanol–water partition coefficient (Wildman–Crippen LogP) is 1.51. The molecule has 0 aliphatic carbocycles. The first-order valence-electron chi connectivity index (χ1n) is 9.76. The van der Waals surface area contributed by atoms with Gasteiger partial charge in [-0.1, -0.05) is 24.3 Å². The van der Waals surface area contributed by atoms with Gasteiger partial charge in [-0.15, -0.1) is 0 Å². The first-order chi connectivity index (χ1) is 15.3. The lowest BCUT2D eigenvalue weighted by atomic mass is 10.2. The fourth-order valence-electron chi connectivity index (χ4n) is 3.19. The van der Waals surface area contributed by atoms with Gasteiger partial charge in [-0.2, -0.15) is 0 Å². The molecule has 1 aliphatic rings. The number of nitrogens with zero attached hydrogens (tertiary/aromatic N) is 3. The third-order valence-electron chi connectivity index (χ3n) is 4.82. The van der Waals surface area contributed by atoms with Gasteiger partial charge in [0, 0.05) is 44.0 Å². The minimum atomic E-state index is -1.82. The average molecular weight is 439 g/mol. The fourth-order valence-corrected chi connectivity index (χ4v) is 3.19. The number of benzene rings is 1. The Morgan fingerprint density at radius 1 is 0.906 bits per heavy atom. The number of carboxylic acids is 2. The summed E-state index contributed by atoms with van der Waals surface area (Å²) in [5.41, 5.74) is 1.61. The monoisotopic (exact) mass is 439 g/mol. The first kappa shape index (κ1) is 22.5. The Hall–Kier alpha value is -4.21. The minimum Gasteiger partial charge on any atom is -0.473 e. The average Bonchev–Trinajstić information content (AvgIpc) is 3.24. The van der Waals surface area contributed by atoms with Gasteiger partial charge < -0.3 is 24.4 Å². The lowest BCUT2D eigenvalue weighted by Crippen LogP contribution is -2.50. The summed E-state index contributed by atoms with van der Waals surface area (Å²) in [4.78, 5) is 50.8. The maximum atomic E-state index is 12.7. The molecule has 1 fully saturated rings. The Balaban J connectivity index is 0.000000427. The summed E-state index contributed by atoms with van der Waals surface area (Å²) in [7, 11) is 0. The molecule has 2 N–H and O–H groups in total. The van der Waals surface area contributed by atoms with E-state index >= 15 is 0 Å². The van der Waals surface area contributed by atoms with Crippen molar-refractivity contribution in [3.63, 3.8) is 0 Å². The zero-order chi connectivity index (χ0) is 23.1. The fraction of sp³-hybridized carbons (Fsp3) is 0.227. The van der Waals surface area contributed by atoms with E-state index in [4.69, 9.17) is 24.2 Å². The molecule has 166 valence electrons. The number of pyridine rings is 1. The van der Waals surface area contributed by atoms with Crippen molar-refractivity contribution >= 4 is 34.7 Å². The van der Waals surface area contributed by atoms with Crippen LogP contribution in [-0.4, -0.2) is 74.9 Å². The third kappa shape index (κ3) is 5.69. The highest BCUT2D eigenvalue weighted by Crippen LogP contribution is 2.20. The van der Waals surface area contributed by atoms with Gasteiger partial charge in [0.05, 0.1) is 6.42 Å². The second-order valence-electron chi connectivity index (χ2n) is 6.97. The van der Waals surface area contributed by atoms with E-state index in [1.165, 1.54) is 0 Å². The number of amides is 2. The Labute approximate surface area is 182 Å². The van der Waals surface area contributed by atoms with Gasteiger partial charge in [0.1, 0.15) is 5.58 Å². The lowest BCUT2D eigenvalue weighted by Gasteiger charge is -2.34. The Morgan fingerprint density at radius 3 is 2.16 bits per heavy atom. The molecule has 0 unspecified atom stereocenters. The smallest absolute Gasteiger partial charge is 0.414 e. The minimum absolute atomic E-state index is 0.0637. The van der Waals surface area contributed by atoms with Crippen molar-refractivity contribution in [2.75, 3.05) is 26.2 Å². The molecule has 10 nitrogen and oxygen atoms in total. The summed E-state index contributed by atoms with van der Waals surface area (Å²) in [6, 6.07) is 13.1. The standard InChI is InChI=1S/C20H19N3O3.C2H2O4/c24-19(12-15-4-3-7-21-14-15)22-8-10-23(11-9-22)20(25)18-13-16-5-1-2-6-17(16)26-18;3-1(4)2(5)6/h1-7,13-14H,8-12H2;(H,3,4)(H,5,6). The van der Waals surface area contributed by atoms with Gasteiger partial charge in [0.15, 0.2) is 5.76 Å². The molecule has 10 heteroatoms. The summed E-state index contributed by atoms with van der Waals surface area (Å²) in [5.74, 6) is -3.36. The van der Waals surface area contributed by atoms with E-state index in [-0.39, 0.29) is 11.8 Å². The van der Waals surface area contributed by atoms with Crippen LogP contribution >= 0.6 is 0 Å². The summed E-state index contributed by atoms with van der Waals surface area (Å²) >= 11 is 0. The van der Waals surface area contributed by atoms with Gasteiger partial charge in [0.2, 0.25) is 5.91 Å². The highest BCUT2D eigenvalue weighted by atomic mass is 16.4. The zero-order valence-corrected chi connectivity index (χ0v) is 17.0. The number of hydrogen-bond acceptors (Lipinski definition) is 6. The number of carboxylic acid groups (broad SMARTS) is 2. The molecular formula is C22H21N3O7. The Bertz CT molecular complexity index is 1070. The Morgan fingerprint density at radius 2 is 1.56 bits per heavy atom. The van der Waals surface area contributed by atoms with Crippen LogP contribution in [0.4, 0.5) is 0 Å². The largest absolute Gasteiger partial charge is 0.473 e. The van der Waals surface area contributed by atoms with Crippen molar-refractivity contribution in [3.05, 3.63) is 66.2 Å². The number of rotatable bonds is 3. The summed E-state index contributed by atoms with van der Waals surface area (Å²) in [6.07, 6.45) is 3.74. The lowest BCUT2D eigenvalue weighted by molar-refractivity contribution is -0.159. The maximum absolute atomic E-state index is 12.7. The molecule has 3 aromatic rings. The summed E-state index contributed by atoms with van der Waals surface area (Å²) < 4.78 is 5.66. The molecule has 2 amide bonds. The predicted molar refractivity (Wildman–Crippen MR) is 112 cm³/mol. The van der Waals surface area contributed by atoms with Crippen molar-refractivity contribution in [1.29, 1.82) is 0 Å². The third-order valence-corrected chi connectivity index (χ3v) is 4.82. The van der Waals surface area contributed by atoms with Gasteiger partial charge in [0.25, 0.3) is 5.91 Å². The van der Waals surface area contributed by atoms with Gasteiger partial charge in [-0.3, -0.25) is 14.6 Å². The molecule has 0 saturated carbocycles. The molecule has 3 heterocycles. The Kier molecular flexibility index (Phi) is 7.17. The molecule has 0 spiro atoms. The topological polar surface area (TPSA) is 141 Å². The van der Waals surface area contributed by atoms with Crippen LogP contribution in [0.5, 0.6) is 0 Å². The van der Waals surface area contributed by atoms with Crippen molar-refractivity contribution in [3.8, 4) is 0 Å². The normalized spacial score (nSPS) is 13.2. The second kappa shape index (κ2) is 10.2. The highest BCUT2D eigenvalue weighted by molar-refractivity contribution is 6.27. The van der Waals surface area contributed by atoms with Crippen LogP contribution in [0, 0.1) is 0 Å². The molecule has 1 saturated heterocycles. The van der Waals surface area contributed by atoms with Crippen LogP contribution < -0.4 is 0 Å². The van der Waals surface area contributed by atoms with E-state index in [2.05, 4.69) is 4.98 Å². The number of carbonyl (C=O) groups is 4. The molecule has 1 aliphatic heterocycles. The molecular weight excluding hydrogens is 418 g/mol. The number of carbonyl (C=O) groups excluding carboxylic acids is 2. The number of para-hydroxylation sites is 1. The first-order valence-corrected chi connectivity index (χ1v) is 9.76. The van der Waals surface area contributed by atoms with E-state index in [0.29, 0.717) is 43.9 Å². The van der Waals surface area contributed by atoms with Gasteiger partial charge in [-0.05, 0) is 23.8 Å². The van der Waals surface area contributed by atoms with Crippen LogP contribution in [0.3, 0.4) is 0 Å². The van der Waals surface area contributed by atoms with Crippen LogP contribution in [0.25, 0.3) is 11.0 Å². The van der Waals surface area contributed by atoms with Crippen molar-refractivity contribution in [2.45, 2.75) is 6.42 Å². The maximum Gasteiger partial charge on any atom is 0.414 e. The van der Waals surface area contributed by atoms with Crippen LogP contribution in [-0.2, 0) is 20.8 Å². The van der Waals surface area contributed by atoms with Crippen molar-refractivity contribution < 1.29 is 33.8 Å². The number of aromatic nitrogens is 1. The van der Waals surface area contributed by atoms with Gasteiger partial charge >= 0.3 is 11.9 Å². The summed E-state index contributed by atoms with van der Waals surface area (Å²) in [6.45, 7) is 2.08. The molecule has 0 bridgehead atoms. The quantitative estimate of drug-likeness (QED) is 0.585. The van der Waals surface area contributed by atoms with E-state index in [1.54, 1.807) is 28.3 Å². The van der Waals surface area contributed by atoms with E-state index < -0.39 is 11.9 Å². The van der Waals surface area contributed by atoms with E-state index in [1.807, 2.05) is 36.4 Å². The van der Waals surface area contributed by atoms with Gasteiger partial charge in [-0.25, -0.2) is 9.59 Å². The van der Waals surface area contributed by atoms with E-state index in [0.717, 1.165) is 10.9 Å². The molecule has 1 aromatic carbocycles. The zero-order valence-electron chi connectivity index (χ0n) is 17.0. The summed E-state index contributed by atoms with van der Waals surface area (Å²) in [5, 5.41) is 15.7. The SMILES string of the molecule is O=C(Cc1cccnc1)N1CCN(C(=O)c2cc3ccccc3o2)CC1.O=C(O)C(=O)O. The molecule has 0 radical (unpaired) electrons. The molecule has 0 atom stereocenters. The number of hydrogen-bond donors (Lipinski definition) is 2. The number of aliphatic carboxylic acids is 2. The highest BCUT2D eigenvalue weighted by Gasteiger charge is 2.26. The molecule has 32 heavy (non-hydrogen) atoms. The van der Waals surface area contributed by atoms with Crippen LogP contribution in [0.2, 0.25) is 0 Å². The number of furan rings is 1. The van der Waals surface area contributed by atoms with Crippen LogP contribution in [0.1, 0.15) is 16.1 Å². The second-order valence-corrected chi connectivity index (χ2v) is 6.97. The van der Waals surface area contributed by atoms with Crippen LogP contribution in [0.15, 0.2) is 59.3 Å². The van der Waals surface area contributed by atoms with Crippen molar-refractivity contribution in [1.82, 2.24) is 14.8 Å². The van der Waals surface area contributed by atoms with Crippen molar-refractivity contribution in [2.24, 2.45) is 0 Å². The van der Waals surface area contributed by atoms with E-state index in [9.17, 15) is 9.59 Å². The molecule has 2 aromatic heterocycles.